The number of methoxy groups -OCH3 is 1. The van der Waals surface area contributed by atoms with Crippen molar-refractivity contribution in [2.24, 2.45) is 0 Å². The second-order valence-electron chi connectivity index (χ2n) is 7.44. The number of nitrogens with one attached hydrogen (secondary N) is 1. The van der Waals surface area contributed by atoms with Crippen LogP contribution in [0.3, 0.4) is 0 Å². The zero-order valence-electron chi connectivity index (χ0n) is 17.8. The number of para-hydroxylation sites is 1. The van der Waals surface area contributed by atoms with Gasteiger partial charge in [-0.1, -0.05) is 18.2 Å². The molecule has 31 heavy (non-hydrogen) atoms. The average molecular weight is 434 g/mol. The molecule has 0 fully saturated rings. The van der Waals surface area contributed by atoms with Gasteiger partial charge in [0.1, 0.15) is 11.8 Å². The monoisotopic (exact) mass is 433 g/mol. The first-order valence-electron chi connectivity index (χ1n) is 9.91. The van der Waals surface area contributed by atoms with Crippen LogP contribution in [0.2, 0.25) is 0 Å². The number of aromatic nitrogens is 2. The molecule has 158 valence electrons. The fourth-order valence-electron chi connectivity index (χ4n) is 3.68. The summed E-state index contributed by atoms with van der Waals surface area (Å²) in [4.78, 5) is 30.3. The zero-order valence-corrected chi connectivity index (χ0v) is 18.6. The Morgan fingerprint density at radius 3 is 2.58 bits per heavy atom. The Hall–Kier alpha value is -3.45. The van der Waals surface area contributed by atoms with E-state index in [-0.39, 0.29) is 11.5 Å². The summed E-state index contributed by atoms with van der Waals surface area (Å²) in [6.07, 6.45) is 0. The third kappa shape index (κ3) is 3.96. The molecule has 1 N–H and O–H groups in total. The summed E-state index contributed by atoms with van der Waals surface area (Å²) >= 11 is 1.35. The van der Waals surface area contributed by atoms with E-state index in [0.717, 1.165) is 39.0 Å². The van der Waals surface area contributed by atoms with Crippen molar-refractivity contribution in [3.05, 3.63) is 75.4 Å². The van der Waals surface area contributed by atoms with Crippen LogP contribution >= 0.6 is 11.3 Å². The number of thiazole rings is 1. The molecule has 0 aliphatic rings. The fourth-order valence-corrected chi connectivity index (χ4v) is 4.40. The predicted molar refractivity (Wildman–Crippen MR) is 125 cm³/mol. The largest absolute Gasteiger partial charge is 0.497 e. The topological polar surface area (TPSA) is 73.2 Å². The number of ether oxygens (including phenoxy) is 1. The summed E-state index contributed by atoms with van der Waals surface area (Å²) in [5, 5.41) is 6.21. The fraction of sp³-hybridized carbons (Fsp3) is 0.208. The van der Waals surface area contributed by atoms with Gasteiger partial charge in [-0.25, -0.2) is 4.98 Å². The molecular formula is C24H23N3O3S. The normalized spacial score (nSPS) is 12.0. The number of hydrogen-bond acceptors (Lipinski definition) is 5. The Morgan fingerprint density at radius 1 is 1.13 bits per heavy atom. The number of nitrogens with zero attached hydrogens (tertiary/aromatic N) is 2. The van der Waals surface area contributed by atoms with Crippen LogP contribution < -0.4 is 15.6 Å². The van der Waals surface area contributed by atoms with Gasteiger partial charge in [-0.2, -0.15) is 0 Å². The Bertz CT molecular complexity index is 1320. The number of carbonyl (C=O) groups excluding carboxylic acids is 1. The number of anilines is 1. The molecule has 1 unspecified atom stereocenters. The molecule has 0 spiro atoms. The van der Waals surface area contributed by atoms with Crippen LogP contribution in [0, 0.1) is 13.8 Å². The molecule has 0 radical (unpaired) electrons. The second kappa shape index (κ2) is 8.35. The third-order valence-corrected chi connectivity index (χ3v) is 6.13. The summed E-state index contributed by atoms with van der Waals surface area (Å²) in [6, 6.07) is 14.3. The highest BCUT2D eigenvalue weighted by atomic mass is 32.1. The number of carbonyl (C=O) groups is 1. The van der Waals surface area contributed by atoms with Gasteiger partial charge in [-0.15, -0.1) is 11.3 Å². The first-order valence-corrected chi connectivity index (χ1v) is 10.8. The van der Waals surface area contributed by atoms with E-state index in [1.165, 1.54) is 11.3 Å². The van der Waals surface area contributed by atoms with Gasteiger partial charge in [-0.3, -0.25) is 14.2 Å². The molecule has 2 heterocycles. The van der Waals surface area contributed by atoms with E-state index in [9.17, 15) is 9.59 Å². The Morgan fingerprint density at radius 2 is 1.87 bits per heavy atom. The summed E-state index contributed by atoms with van der Waals surface area (Å²) in [7, 11) is 1.62. The number of rotatable bonds is 5. The van der Waals surface area contributed by atoms with Crippen LogP contribution in [0.5, 0.6) is 5.75 Å². The van der Waals surface area contributed by atoms with Crippen molar-refractivity contribution >= 4 is 33.3 Å². The summed E-state index contributed by atoms with van der Waals surface area (Å²) in [6.45, 7) is 5.59. The lowest BCUT2D eigenvalue weighted by Crippen LogP contribution is -2.32. The van der Waals surface area contributed by atoms with Gasteiger partial charge >= 0.3 is 0 Å². The molecule has 2 aromatic carbocycles. The summed E-state index contributed by atoms with van der Waals surface area (Å²) < 4.78 is 6.74. The van der Waals surface area contributed by atoms with E-state index in [4.69, 9.17) is 4.74 Å². The molecule has 4 rings (SSSR count). The molecule has 1 amide bonds. The highest BCUT2D eigenvalue weighted by Gasteiger charge is 2.21. The van der Waals surface area contributed by atoms with Crippen molar-refractivity contribution in [1.29, 1.82) is 0 Å². The smallest absolute Gasteiger partial charge is 0.252 e. The van der Waals surface area contributed by atoms with Gasteiger partial charge < -0.3 is 10.1 Å². The zero-order chi connectivity index (χ0) is 22.1. The standard InChI is InChI=1S/C24H23N3O3S/c1-14-6-5-7-19-15(2)12-21(28)27(22(14)19)16(3)23(29)26-24-25-20(13-31-24)17-8-10-18(30-4)11-9-17/h5-13,16H,1-4H3,(H,25,26,29). The lowest BCUT2D eigenvalue weighted by Gasteiger charge is -2.19. The molecule has 2 aromatic heterocycles. The molecule has 0 bridgehead atoms. The summed E-state index contributed by atoms with van der Waals surface area (Å²) in [5.74, 6) is 0.485. The molecule has 0 aliphatic carbocycles. The molecule has 1 atom stereocenters. The van der Waals surface area contributed by atoms with E-state index in [1.54, 1.807) is 24.7 Å². The van der Waals surface area contributed by atoms with Crippen LogP contribution in [-0.2, 0) is 4.79 Å². The van der Waals surface area contributed by atoms with Crippen molar-refractivity contribution in [1.82, 2.24) is 9.55 Å². The van der Waals surface area contributed by atoms with Crippen molar-refractivity contribution in [2.45, 2.75) is 26.8 Å². The lowest BCUT2D eigenvalue weighted by molar-refractivity contribution is -0.118. The number of benzene rings is 2. The van der Waals surface area contributed by atoms with Gasteiger partial charge in [0.15, 0.2) is 5.13 Å². The van der Waals surface area contributed by atoms with Crippen molar-refractivity contribution in [3.63, 3.8) is 0 Å². The van der Waals surface area contributed by atoms with Gasteiger partial charge in [0.05, 0.1) is 18.3 Å². The van der Waals surface area contributed by atoms with Crippen molar-refractivity contribution in [2.75, 3.05) is 12.4 Å². The minimum Gasteiger partial charge on any atom is -0.497 e. The maximum absolute atomic E-state index is 13.0. The quantitative estimate of drug-likeness (QED) is 0.483. The second-order valence-corrected chi connectivity index (χ2v) is 8.30. The number of hydrogen-bond donors (Lipinski definition) is 1. The van der Waals surface area contributed by atoms with Crippen LogP contribution in [0.25, 0.3) is 22.2 Å². The first kappa shape index (κ1) is 20.8. The average Bonchev–Trinajstić information content (AvgIpc) is 3.22. The van der Waals surface area contributed by atoms with Gasteiger partial charge in [0.2, 0.25) is 5.91 Å². The van der Waals surface area contributed by atoms with E-state index >= 15 is 0 Å². The Labute approximate surface area is 184 Å². The minimum absolute atomic E-state index is 0.194. The maximum Gasteiger partial charge on any atom is 0.252 e. The van der Waals surface area contributed by atoms with Gasteiger partial charge in [-0.05, 0) is 56.2 Å². The van der Waals surface area contributed by atoms with Crippen LogP contribution in [0.1, 0.15) is 24.1 Å². The highest BCUT2D eigenvalue weighted by molar-refractivity contribution is 7.14. The van der Waals surface area contributed by atoms with Gasteiger partial charge in [0.25, 0.3) is 5.56 Å². The molecule has 0 saturated heterocycles. The van der Waals surface area contributed by atoms with Crippen LogP contribution in [0.4, 0.5) is 5.13 Å². The molecule has 7 heteroatoms. The lowest BCUT2D eigenvalue weighted by atomic mass is 10.1. The van der Waals surface area contributed by atoms with Crippen molar-refractivity contribution in [3.8, 4) is 17.0 Å². The van der Waals surface area contributed by atoms with Crippen LogP contribution in [0.15, 0.2) is 58.7 Å². The SMILES string of the molecule is COc1ccc(-c2csc(NC(=O)C(C)n3c(=O)cc(C)c4cccc(C)c43)n2)cc1. The number of aryl methyl sites for hydroxylation is 2. The molecular weight excluding hydrogens is 410 g/mol. The van der Waals surface area contributed by atoms with E-state index in [2.05, 4.69) is 10.3 Å². The molecule has 6 nitrogen and oxygen atoms in total. The third-order valence-electron chi connectivity index (χ3n) is 5.37. The predicted octanol–water partition coefficient (Wildman–Crippen LogP) is 4.95. The Kier molecular flexibility index (Phi) is 5.61. The highest BCUT2D eigenvalue weighted by Crippen LogP contribution is 2.28. The number of amides is 1. The molecule has 0 saturated carbocycles. The van der Waals surface area contributed by atoms with Crippen molar-refractivity contribution < 1.29 is 9.53 Å². The van der Waals surface area contributed by atoms with E-state index in [0.29, 0.717) is 5.13 Å². The van der Waals surface area contributed by atoms with E-state index in [1.807, 2.05) is 61.7 Å². The maximum atomic E-state index is 13.0. The first-order chi connectivity index (χ1) is 14.9. The number of pyridine rings is 1. The van der Waals surface area contributed by atoms with Gasteiger partial charge in [0, 0.05) is 22.4 Å². The Balaban J connectivity index is 1.62. The summed E-state index contributed by atoms with van der Waals surface area (Å²) in [5.41, 5.74) is 4.14. The molecule has 4 aromatic rings. The van der Waals surface area contributed by atoms with Crippen LogP contribution in [-0.4, -0.2) is 22.6 Å². The van der Waals surface area contributed by atoms with E-state index < -0.39 is 6.04 Å². The molecule has 0 aliphatic heterocycles. The number of fused-ring (bicyclic) bond motifs is 1. The minimum atomic E-state index is -0.690.